The van der Waals surface area contributed by atoms with Gasteiger partial charge in [-0.3, -0.25) is 10.1 Å². The van der Waals surface area contributed by atoms with Gasteiger partial charge in [0.2, 0.25) is 11.8 Å². The lowest BCUT2D eigenvalue weighted by Crippen LogP contribution is -2.52. The summed E-state index contributed by atoms with van der Waals surface area (Å²) in [4.78, 5) is 14.6. The van der Waals surface area contributed by atoms with E-state index in [1.54, 1.807) is 12.1 Å². The van der Waals surface area contributed by atoms with E-state index >= 15 is 0 Å². The summed E-state index contributed by atoms with van der Waals surface area (Å²) in [7, 11) is 0. The Bertz CT molecular complexity index is 1030. The fourth-order valence-electron chi connectivity index (χ4n) is 3.58. The van der Waals surface area contributed by atoms with Crippen LogP contribution in [0.25, 0.3) is 0 Å². The van der Waals surface area contributed by atoms with Crippen LogP contribution >= 0.6 is 0 Å². The number of aliphatic hydroxyl groups is 1. The minimum Gasteiger partial charge on any atom is -0.494 e. The number of ether oxygens (including phenoxy) is 1. The molecule has 6 nitrogen and oxygen atoms in total. The van der Waals surface area contributed by atoms with Gasteiger partial charge >= 0.3 is 0 Å². The molecule has 29 heavy (non-hydrogen) atoms. The van der Waals surface area contributed by atoms with Crippen LogP contribution < -0.4 is 10.1 Å². The lowest BCUT2D eigenvalue weighted by Gasteiger charge is -2.38. The van der Waals surface area contributed by atoms with Crippen LogP contribution in [0.4, 0.5) is 0 Å². The normalized spacial score (nSPS) is 20.9. The Labute approximate surface area is 168 Å². The van der Waals surface area contributed by atoms with Crippen molar-refractivity contribution < 1.29 is 14.6 Å². The molecule has 0 unspecified atom stereocenters. The molecule has 1 amide bonds. The van der Waals surface area contributed by atoms with Crippen molar-refractivity contribution in [1.29, 1.82) is 5.26 Å². The molecule has 2 atom stereocenters. The number of amides is 1. The molecule has 2 aliphatic heterocycles. The first-order chi connectivity index (χ1) is 14.2. The molecule has 2 aromatic rings. The molecule has 0 spiro atoms. The molecule has 2 heterocycles. The largest absolute Gasteiger partial charge is 0.494 e. The summed E-state index contributed by atoms with van der Waals surface area (Å²) in [5.74, 6) is 0.0200. The zero-order chi connectivity index (χ0) is 20.2. The first-order valence-corrected chi connectivity index (χ1v) is 9.23. The molecule has 0 fully saturated rings. The van der Waals surface area contributed by atoms with Crippen molar-refractivity contribution in [1.82, 2.24) is 10.2 Å². The van der Waals surface area contributed by atoms with Crippen LogP contribution in [-0.2, 0) is 4.79 Å². The third-order valence-corrected chi connectivity index (χ3v) is 4.93. The molecule has 0 aliphatic carbocycles. The molecule has 0 saturated heterocycles. The van der Waals surface area contributed by atoms with Gasteiger partial charge in [-0.1, -0.05) is 42.5 Å². The Hall–Kier alpha value is -3.98. The first kappa shape index (κ1) is 18.4. The van der Waals surface area contributed by atoms with Gasteiger partial charge in [-0.25, -0.2) is 0 Å². The number of hydrogen-bond acceptors (Lipinski definition) is 5. The fourth-order valence-corrected chi connectivity index (χ4v) is 3.58. The maximum atomic E-state index is 12.7. The lowest BCUT2D eigenvalue weighted by molar-refractivity contribution is -0.126. The van der Waals surface area contributed by atoms with Gasteiger partial charge in [0.15, 0.2) is 0 Å². The Morgan fingerprint density at radius 3 is 2.45 bits per heavy atom. The molecule has 2 N–H and O–H groups in total. The number of benzene rings is 2. The molecule has 0 bridgehead atoms. The molecule has 0 aromatic heterocycles. The number of nitrogens with zero attached hydrogens (tertiary/aromatic N) is 2. The summed E-state index contributed by atoms with van der Waals surface area (Å²) in [6.45, 7) is 0.541. The minimum atomic E-state index is -0.650. The maximum Gasteiger partial charge on any atom is 0.250 e. The highest BCUT2D eigenvalue weighted by atomic mass is 16.5. The summed E-state index contributed by atoms with van der Waals surface area (Å²) in [5.41, 5.74) is 0.880. The average molecular weight is 385 g/mol. The van der Waals surface area contributed by atoms with Crippen LogP contribution in [0.1, 0.15) is 11.5 Å². The Kier molecular flexibility index (Phi) is 5.04. The number of hydrogen-bond donors (Lipinski definition) is 2. The van der Waals surface area contributed by atoms with Crippen molar-refractivity contribution in [3.63, 3.8) is 0 Å². The number of rotatable bonds is 4. The van der Waals surface area contributed by atoms with Gasteiger partial charge in [0.25, 0.3) is 0 Å². The third kappa shape index (κ3) is 3.71. The van der Waals surface area contributed by atoms with Gasteiger partial charge in [0, 0.05) is 12.7 Å². The number of nitrogens with one attached hydrogen (secondary N) is 1. The van der Waals surface area contributed by atoms with Gasteiger partial charge in [-0.15, -0.1) is 0 Å². The number of para-hydroxylation sites is 1. The Morgan fingerprint density at radius 1 is 1.07 bits per heavy atom. The summed E-state index contributed by atoms with van der Waals surface area (Å²) in [5, 5.41) is 22.3. The molecular weight excluding hydrogens is 366 g/mol. The first-order valence-electron chi connectivity index (χ1n) is 9.23. The molecule has 0 saturated carbocycles. The highest BCUT2D eigenvalue weighted by Gasteiger charge is 2.41. The van der Waals surface area contributed by atoms with E-state index in [2.05, 4.69) is 11.4 Å². The zero-order valence-corrected chi connectivity index (χ0v) is 15.5. The standard InChI is InChI=1S/C23H19N3O3/c24-15-19-20(21(23(28)25-22(19)27)26-13-5-2-6-14-26)16-9-11-18(12-10-16)29-17-7-3-1-4-8-17/h1-13,20-21,27H,14H2,(H,25,28)/t20-,21+/m0/s1. The van der Waals surface area contributed by atoms with E-state index in [1.165, 1.54) is 0 Å². The third-order valence-electron chi connectivity index (χ3n) is 4.93. The van der Waals surface area contributed by atoms with E-state index < -0.39 is 12.0 Å². The van der Waals surface area contributed by atoms with Crippen LogP contribution in [0.15, 0.2) is 90.5 Å². The van der Waals surface area contributed by atoms with Crippen LogP contribution in [0.3, 0.4) is 0 Å². The smallest absolute Gasteiger partial charge is 0.250 e. The van der Waals surface area contributed by atoms with Gasteiger partial charge in [-0.2, -0.15) is 5.26 Å². The quantitative estimate of drug-likeness (QED) is 0.837. The molecule has 2 aromatic carbocycles. The fraction of sp³-hybridized carbons (Fsp3) is 0.130. The van der Waals surface area contributed by atoms with Crippen LogP contribution in [-0.4, -0.2) is 28.5 Å². The van der Waals surface area contributed by atoms with Crippen LogP contribution in [0.5, 0.6) is 11.5 Å². The molecular formula is C23H19N3O3. The van der Waals surface area contributed by atoms with E-state index in [0.29, 0.717) is 12.3 Å². The number of nitriles is 1. The number of carbonyl (C=O) groups excluding carboxylic acids is 1. The van der Waals surface area contributed by atoms with Crippen molar-refractivity contribution in [3.8, 4) is 17.6 Å². The monoisotopic (exact) mass is 385 g/mol. The summed E-state index contributed by atoms with van der Waals surface area (Å²) in [6.07, 6.45) is 7.50. The maximum absolute atomic E-state index is 12.7. The molecule has 2 aliphatic rings. The molecule has 6 heteroatoms. The number of allylic oxidation sites excluding steroid dienone is 2. The van der Waals surface area contributed by atoms with Gasteiger partial charge in [0.1, 0.15) is 23.6 Å². The average Bonchev–Trinajstić information content (AvgIpc) is 2.75. The summed E-state index contributed by atoms with van der Waals surface area (Å²) < 4.78 is 5.82. The number of aliphatic hydroxyl groups excluding tert-OH is 1. The molecule has 0 radical (unpaired) electrons. The van der Waals surface area contributed by atoms with E-state index in [0.717, 1.165) is 11.3 Å². The van der Waals surface area contributed by atoms with Crippen molar-refractivity contribution in [2.24, 2.45) is 0 Å². The second-order valence-electron chi connectivity index (χ2n) is 6.74. The van der Waals surface area contributed by atoms with Crippen molar-refractivity contribution in [2.75, 3.05) is 6.54 Å². The second-order valence-corrected chi connectivity index (χ2v) is 6.74. The van der Waals surface area contributed by atoms with E-state index in [4.69, 9.17) is 4.74 Å². The Balaban J connectivity index is 1.67. The zero-order valence-electron chi connectivity index (χ0n) is 15.5. The minimum absolute atomic E-state index is 0.134. The topological polar surface area (TPSA) is 85.6 Å². The summed E-state index contributed by atoms with van der Waals surface area (Å²) in [6, 6.07) is 18.1. The van der Waals surface area contributed by atoms with E-state index in [1.807, 2.05) is 71.8 Å². The van der Waals surface area contributed by atoms with E-state index in [-0.39, 0.29) is 17.4 Å². The van der Waals surface area contributed by atoms with Gasteiger partial charge in [0.05, 0.1) is 11.5 Å². The van der Waals surface area contributed by atoms with Crippen molar-refractivity contribution >= 4 is 5.91 Å². The van der Waals surface area contributed by atoms with Crippen molar-refractivity contribution in [3.05, 3.63) is 96.0 Å². The van der Waals surface area contributed by atoms with Gasteiger partial charge < -0.3 is 14.7 Å². The highest BCUT2D eigenvalue weighted by molar-refractivity contribution is 5.87. The SMILES string of the molecule is N#CC1=C(O)NC(=O)[C@H](N2C=CC=CC2)[C@H]1c1ccc(Oc2ccccc2)cc1. The van der Waals surface area contributed by atoms with Crippen LogP contribution in [0, 0.1) is 11.3 Å². The predicted molar refractivity (Wildman–Crippen MR) is 108 cm³/mol. The highest BCUT2D eigenvalue weighted by Crippen LogP contribution is 2.36. The second kappa shape index (κ2) is 7.95. The summed E-state index contributed by atoms with van der Waals surface area (Å²) >= 11 is 0. The van der Waals surface area contributed by atoms with Gasteiger partial charge in [-0.05, 0) is 35.9 Å². The molecule has 4 rings (SSSR count). The Morgan fingerprint density at radius 2 is 1.79 bits per heavy atom. The van der Waals surface area contributed by atoms with E-state index in [9.17, 15) is 15.2 Å². The van der Waals surface area contributed by atoms with Crippen molar-refractivity contribution in [2.45, 2.75) is 12.0 Å². The lowest BCUT2D eigenvalue weighted by atomic mass is 9.82. The number of carbonyl (C=O) groups is 1. The van der Waals surface area contributed by atoms with Crippen LogP contribution in [0.2, 0.25) is 0 Å². The molecule has 144 valence electrons. The predicted octanol–water partition coefficient (Wildman–Crippen LogP) is 3.74.